The summed E-state index contributed by atoms with van der Waals surface area (Å²) in [5.74, 6) is -0.404. The smallest absolute Gasteiger partial charge is 0.228 e. The van der Waals surface area contributed by atoms with Gasteiger partial charge in [0.25, 0.3) is 0 Å². The van der Waals surface area contributed by atoms with E-state index < -0.39 is 11.6 Å². The highest BCUT2D eigenvalue weighted by atomic mass is 19.2. The minimum absolute atomic E-state index is 0.0714. The minimum atomic E-state index is -1.00. The number of rotatable bonds is 7. The Morgan fingerprint density at radius 3 is 2.71 bits per heavy atom. The van der Waals surface area contributed by atoms with Gasteiger partial charge in [-0.15, -0.1) is 10.2 Å². The second kappa shape index (κ2) is 8.85. The molecule has 34 heavy (non-hydrogen) atoms. The third kappa shape index (κ3) is 4.03. The summed E-state index contributed by atoms with van der Waals surface area (Å²) in [5, 5.41) is 15.6. The number of aromatic nitrogens is 7. The number of aryl methyl sites for hydroxylation is 1. The summed E-state index contributed by atoms with van der Waals surface area (Å²) in [6, 6.07) is 10.2. The Morgan fingerprint density at radius 2 is 1.91 bits per heavy atom. The van der Waals surface area contributed by atoms with Crippen LogP contribution in [0.25, 0.3) is 16.9 Å². The number of nitrogens with zero attached hydrogens (tertiary/aromatic N) is 7. The summed E-state index contributed by atoms with van der Waals surface area (Å²) in [5.41, 5.74) is 2.21. The van der Waals surface area contributed by atoms with Crippen LogP contribution in [0.1, 0.15) is 18.3 Å². The highest BCUT2D eigenvalue weighted by Crippen LogP contribution is 2.25. The van der Waals surface area contributed by atoms with Crippen LogP contribution < -0.4 is 10.1 Å². The first kappa shape index (κ1) is 21.4. The van der Waals surface area contributed by atoms with Gasteiger partial charge in [-0.25, -0.2) is 14.4 Å². The van der Waals surface area contributed by atoms with Crippen LogP contribution in [-0.4, -0.2) is 41.0 Å². The molecule has 5 aromatic rings. The van der Waals surface area contributed by atoms with E-state index in [1.807, 2.05) is 25.2 Å². The highest BCUT2D eigenvalue weighted by molar-refractivity contribution is 5.65. The molecule has 0 amide bonds. The maximum Gasteiger partial charge on any atom is 0.228 e. The normalized spacial score (nSPS) is 11.2. The second-order valence-electron chi connectivity index (χ2n) is 7.45. The molecule has 4 heterocycles. The van der Waals surface area contributed by atoms with Crippen molar-refractivity contribution >= 4 is 17.4 Å². The van der Waals surface area contributed by atoms with Crippen LogP contribution in [0, 0.1) is 11.6 Å². The van der Waals surface area contributed by atoms with E-state index in [4.69, 9.17) is 4.74 Å². The molecular formula is C23H20F2N8O. The molecule has 1 N–H and O–H groups in total. The monoisotopic (exact) mass is 462 g/mol. The predicted octanol–water partition coefficient (Wildman–Crippen LogP) is 3.93. The van der Waals surface area contributed by atoms with Crippen molar-refractivity contribution in [1.82, 2.24) is 34.3 Å². The number of ether oxygens (including phenoxy) is 1. The third-order valence-corrected chi connectivity index (χ3v) is 5.27. The van der Waals surface area contributed by atoms with E-state index in [2.05, 4.69) is 30.6 Å². The number of fused-ring (bicyclic) bond motifs is 1. The van der Waals surface area contributed by atoms with Gasteiger partial charge in [-0.3, -0.25) is 9.08 Å². The molecule has 1 aromatic carbocycles. The van der Waals surface area contributed by atoms with Gasteiger partial charge in [-0.1, -0.05) is 6.07 Å². The largest absolute Gasteiger partial charge is 0.491 e. The Labute approximate surface area is 193 Å². The molecule has 0 aliphatic carbocycles. The van der Waals surface area contributed by atoms with Crippen molar-refractivity contribution in [3.05, 3.63) is 78.0 Å². The van der Waals surface area contributed by atoms with Gasteiger partial charge in [0, 0.05) is 37.5 Å². The molecule has 0 fully saturated rings. The summed E-state index contributed by atoms with van der Waals surface area (Å²) < 4.78 is 37.3. The molecule has 11 heteroatoms. The van der Waals surface area contributed by atoms with Gasteiger partial charge < -0.3 is 10.1 Å². The Hall–Kier alpha value is -4.41. The standard InChI is InChI=1S/C23H20F2N8O/c1-3-34-17-5-4-15(21(24)22(17)25)13-20-31-30-19-12-14(8-11-33(19)20)16-6-9-26-23(28-16)29-18-7-10-27-32(18)2/h4-12H,3,13H2,1-2H3,(H,26,28,29). The maximum absolute atomic E-state index is 14.5. The average molecular weight is 462 g/mol. The van der Waals surface area contributed by atoms with Crippen molar-refractivity contribution in [2.24, 2.45) is 7.05 Å². The fourth-order valence-electron chi connectivity index (χ4n) is 3.56. The quantitative estimate of drug-likeness (QED) is 0.392. The summed E-state index contributed by atoms with van der Waals surface area (Å²) in [6.45, 7) is 1.96. The number of hydrogen-bond acceptors (Lipinski definition) is 7. The van der Waals surface area contributed by atoms with Crippen LogP contribution in [0.4, 0.5) is 20.5 Å². The predicted molar refractivity (Wildman–Crippen MR) is 121 cm³/mol. The van der Waals surface area contributed by atoms with Gasteiger partial charge in [0.15, 0.2) is 17.2 Å². The number of pyridine rings is 1. The molecule has 172 valence electrons. The van der Waals surface area contributed by atoms with E-state index in [-0.39, 0.29) is 24.3 Å². The number of benzene rings is 1. The number of nitrogens with one attached hydrogen (secondary N) is 1. The van der Waals surface area contributed by atoms with Crippen LogP contribution in [0.15, 0.2) is 55.0 Å². The molecule has 0 aliphatic rings. The van der Waals surface area contributed by atoms with E-state index >= 15 is 0 Å². The maximum atomic E-state index is 14.5. The first-order valence-corrected chi connectivity index (χ1v) is 10.5. The Morgan fingerprint density at radius 1 is 1.03 bits per heavy atom. The molecule has 0 spiro atoms. The molecule has 0 bridgehead atoms. The van der Waals surface area contributed by atoms with Crippen molar-refractivity contribution in [3.8, 4) is 17.0 Å². The fraction of sp³-hybridized carbons (Fsp3) is 0.174. The van der Waals surface area contributed by atoms with Gasteiger partial charge in [0.1, 0.15) is 11.6 Å². The first-order valence-electron chi connectivity index (χ1n) is 10.5. The van der Waals surface area contributed by atoms with Crippen LogP contribution in [0.3, 0.4) is 0 Å². The van der Waals surface area contributed by atoms with Crippen molar-refractivity contribution < 1.29 is 13.5 Å². The van der Waals surface area contributed by atoms with Crippen LogP contribution in [0.2, 0.25) is 0 Å². The zero-order valence-electron chi connectivity index (χ0n) is 18.4. The van der Waals surface area contributed by atoms with Crippen molar-refractivity contribution in [1.29, 1.82) is 0 Å². The summed E-state index contributed by atoms with van der Waals surface area (Å²) >= 11 is 0. The first-order chi connectivity index (χ1) is 16.5. The van der Waals surface area contributed by atoms with Crippen LogP contribution >= 0.6 is 0 Å². The van der Waals surface area contributed by atoms with E-state index in [1.165, 1.54) is 12.1 Å². The van der Waals surface area contributed by atoms with Gasteiger partial charge in [0.05, 0.1) is 18.5 Å². The van der Waals surface area contributed by atoms with Gasteiger partial charge in [-0.05, 0) is 36.8 Å². The van der Waals surface area contributed by atoms with E-state index in [1.54, 1.807) is 40.7 Å². The van der Waals surface area contributed by atoms with E-state index in [0.717, 1.165) is 11.4 Å². The summed E-state index contributed by atoms with van der Waals surface area (Å²) in [4.78, 5) is 8.82. The third-order valence-electron chi connectivity index (χ3n) is 5.27. The SMILES string of the molecule is CCOc1ccc(Cc2nnc3cc(-c4ccnc(Nc5ccnn5C)n4)ccn23)c(F)c1F. The molecule has 0 aliphatic heterocycles. The summed E-state index contributed by atoms with van der Waals surface area (Å²) in [6.07, 6.45) is 5.18. The van der Waals surface area contributed by atoms with Crippen molar-refractivity contribution in [2.45, 2.75) is 13.3 Å². The van der Waals surface area contributed by atoms with Gasteiger partial charge >= 0.3 is 0 Å². The Balaban J connectivity index is 1.41. The number of halogens is 2. The second-order valence-corrected chi connectivity index (χ2v) is 7.45. The molecule has 0 saturated carbocycles. The highest BCUT2D eigenvalue weighted by Gasteiger charge is 2.17. The Kier molecular flexibility index (Phi) is 5.58. The molecule has 9 nitrogen and oxygen atoms in total. The molecule has 0 unspecified atom stereocenters. The van der Waals surface area contributed by atoms with Gasteiger partial charge in [0.2, 0.25) is 11.8 Å². The molecular weight excluding hydrogens is 442 g/mol. The van der Waals surface area contributed by atoms with Crippen LogP contribution in [0.5, 0.6) is 5.75 Å². The lowest BCUT2D eigenvalue weighted by atomic mass is 10.1. The zero-order valence-corrected chi connectivity index (χ0v) is 18.4. The van der Waals surface area contributed by atoms with Crippen molar-refractivity contribution in [2.75, 3.05) is 11.9 Å². The van der Waals surface area contributed by atoms with E-state index in [9.17, 15) is 8.78 Å². The lowest BCUT2D eigenvalue weighted by molar-refractivity contribution is 0.313. The average Bonchev–Trinajstić information content (AvgIpc) is 3.44. The zero-order chi connectivity index (χ0) is 23.7. The lowest BCUT2D eigenvalue weighted by Crippen LogP contribution is -2.04. The Bertz CT molecular complexity index is 1480. The van der Waals surface area contributed by atoms with Crippen LogP contribution in [-0.2, 0) is 13.5 Å². The van der Waals surface area contributed by atoms with Crippen molar-refractivity contribution in [3.63, 3.8) is 0 Å². The van der Waals surface area contributed by atoms with Gasteiger partial charge in [-0.2, -0.15) is 9.49 Å². The topological polar surface area (TPSA) is 95.0 Å². The molecule has 0 radical (unpaired) electrons. The molecule has 5 rings (SSSR count). The van der Waals surface area contributed by atoms with E-state index in [0.29, 0.717) is 23.1 Å². The number of hydrogen-bond donors (Lipinski definition) is 1. The molecule has 0 saturated heterocycles. The minimum Gasteiger partial charge on any atom is -0.491 e. The molecule has 4 aromatic heterocycles. The number of anilines is 2. The lowest BCUT2D eigenvalue weighted by Gasteiger charge is -2.09. The fourth-order valence-corrected chi connectivity index (χ4v) is 3.56. The molecule has 0 atom stereocenters. The summed E-state index contributed by atoms with van der Waals surface area (Å²) in [7, 11) is 1.82.